The van der Waals surface area contributed by atoms with E-state index in [0.29, 0.717) is 35.2 Å². The normalized spacial score (nSPS) is 12.1. The van der Waals surface area contributed by atoms with Gasteiger partial charge >= 0.3 is 0 Å². The molecule has 1 unspecified atom stereocenters. The number of nitrogen functional groups attached to an aromatic ring is 1. The lowest BCUT2D eigenvalue weighted by Crippen LogP contribution is -2.33. The molecule has 214 valence electrons. The van der Waals surface area contributed by atoms with Gasteiger partial charge in [-0.25, -0.2) is 13.1 Å². The average molecular weight is 573 g/mol. The second-order valence-corrected chi connectivity index (χ2v) is 11.7. The van der Waals surface area contributed by atoms with Crippen LogP contribution in [0.2, 0.25) is 0 Å². The van der Waals surface area contributed by atoms with Crippen LogP contribution in [0.3, 0.4) is 0 Å². The minimum Gasteiger partial charge on any atom is -0.493 e. The quantitative estimate of drug-likeness (QED) is 0.118. The zero-order valence-corrected chi connectivity index (χ0v) is 24.2. The van der Waals surface area contributed by atoms with Crippen molar-refractivity contribution in [2.45, 2.75) is 37.3 Å². The van der Waals surface area contributed by atoms with E-state index in [1.807, 2.05) is 48.5 Å². The molecule has 4 aromatic rings. The summed E-state index contributed by atoms with van der Waals surface area (Å²) in [4.78, 5) is 0.187. The zero-order valence-electron chi connectivity index (χ0n) is 23.4. The Balaban J connectivity index is 1.60. The summed E-state index contributed by atoms with van der Waals surface area (Å²) in [6.45, 7) is 4.74. The molecule has 0 saturated carbocycles. The summed E-state index contributed by atoms with van der Waals surface area (Å²) in [5.74, 6) is 1.32. The van der Waals surface area contributed by atoms with Crippen LogP contribution in [-0.4, -0.2) is 27.9 Å². The van der Waals surface area contributed by atoms with Gasteiger partial charge in [-0.3, -0.25) is 5.41 Å². The smallest absolute Gasteiger partial charge is 0.241 e. The fourth-order valence-corrected chi connectivity index (χ4v) is 5.48. The van der Waals surface area contributed by atoms with Crippen LogP contribution in [0.15, 0.2) is 102 Å². The van der Waals surface area contributed by atoms with E-state index >= 15 is 0 Å². The number of ether oxygens (including phenoxy) is 2. The maximum absolute atomic E-state index is 13.5. The fourth-order valence-electron chi connectivity index (χ4n) is 4.26. The Kier molecular flexibility index (Phi) is 9.65. The summed E-state index contributed by atoms with van der Waals surface area (Å²) in [6, 6.07) is 28.6. The van der Waals surface area contributed by atoms with Gasteiger partial charge in [0.25, 0.3) is 0 Å². The van der Waals surface area contributed by atoms with E-state index in [0.717, 1.165) is 16.8 Å². The van der Waals surface area contributed by atoms with Gasteiger partial charge in [0.05, 0.1) is 18.0 Å². The van der Waals surface area contributed by atoms with Gasteiger partial charge in [0, 0.05) is 17.8 Å². The Morgan fingerprint density at radius 2 is 1.54 bits per heavy atom. The molecule has 41 heavy (non-hydrogen) atoms. The lowest BCUT2D eigenvalue weighted by atomic mass is 10.0. The molecule has 0 aliphatic heterocycles. The van der Waals surface area contributed by atoms with Gasteiger partial charge in [-0.15, -0.1) is 0 Å². The summed E-state index contributed by atoms with van der Waals surface area (Å²) >= 11 is 0. The van der Waals surface area contributed by atoms with Gasteiger partial charge < -0.3 is 20.5 Å². The number of sulfonamides is 1. The van der Waals surface area contributed by atoms with Crippen LogP contribution in [0.4, 0.5) is 5.69 Å². The molecule has 0 amide bonds. The lowest BCUT2D eigenvalue weighted by molar-refractivity contribution is 0.284. The van der Waals surface area contributed by atoms with Gasteiger partial charge in [-0.1, -0.05) is 62.4 Å². The largest absolute Gasteiger partial charge is 0.493 e. The molecule has 4 aromatic carbocycles. The summed E-state index contributed by atoms with van der Waals surface area (Å²) in [5.41, 5.74) is 9.72. The van der Waals surface area contributed by atoms with Gasteiger partial charge in [-0.05, 0) is 71.1 Å². The van der Waals surface area contributed by atoms with Gasteiger partial charge in [0.15, 0.2) is 11.5 Å². The van der Waals surface area contributed by atoms with Crippen molar-refractivity contribution in [1.82, 2.24) is 4.72 Å². The van der Waals surface area contributed by atoms with Crippen LogP contribution in [0.1, 0.15) is 48.1 Å². The highest BCUT2D eigenvalue weighted by Gasteiger charge is 2.23. The van der Waals surface area contributed by atoms with Gasteiger partial charge in [0.1, 0.15) is 12.4 Å². The Labute approximate surface area is 242 Å². The molecule has 4 rings (SSSR count). The molecule has 1 atom stereocenters. The number of methoxy groups -OCH3 is 1. The maximum atomic E-state index is 13.5. The molecule has 0 aromatic heterocycles. The number of amidine groups is 1. The number of rotatable bonds is 13. The molecule has 8 nitrogen and oxygen atoms in total. The Bertz CT molecular complexity index is 1560. The number of anilines is 1. The number of nitrogens with one attached hydrogen (secondary N) is 3. The number of hydrogen-bond acceptors (Lipinski definition) is 6. The third kappa shape index (κ3) is 7.87. The first-order valence-corrected chi connectivity index (χ1v) is 14.8. The Morgan fingerprint density at radius 3 is 2.15 bits per heavy atom. The van der Waals surface area contributed by atoms with Crippen LogP contribution >= 0.6 is 0 Å². The predicted octanol–water partition coefficient (Wildman–Crippen LogP) is 5.81. The van der Waals surface area contributed by atoms with Crippen molar-refractivity contribution < 1.29 is 17.9 Å². The second-order valence-electron chi connectivity index (χ2n) is 9.95. The number of benzene rings is 4. The molecule has 0 aliphatic rings. The van der Waals surface area contributed by atoms with E-state index in [4.69, 9.17) is 20.6 Å². The molecule has 5 N–H and O–H groups in total. The van der Waals surface area contributed by atoms with Crippen LogP contribution in [0, 0.1) is 5.41 Å². The minimum atomic E-state index is -3.86. The predicted molar refractivity (Wildman–Crippen MR) is 163 cm³/mol. The standard InChI is InChI=1S/C32H36N4O4S/c1-22(2)24-11-16-28(17-12-24)41(37,38)36-29(20-35-27-14-9-25(10-15-27)32(33)34)26-13-18-30(31(19-26)39-3)40-21-23-7-5-4-6-8-23/h4-19,22,29,35-36H,20-21H2,1-3H3,(H3,33,34). The molecule has 0 bridgehead atoms. The van der Waals surface area contributed by atoms with Crippen molar-refractivity contribution in [2.24, 2.45) is 5.73 Å². The third-order valence-electron chi connectivity index (χ3n) is 6.69. The van der Waals surface area contributed by atoms with Gasteiger partial charge in [-0.2, -0.15) is 0 Å². The second kappa shape index (κ2) is 13.3. The average Bonchev–Trinajstić information content (AvgIpc) is 2.98. The van der Waals surface area contributed by atoms with E-state index in [9.17, 15) is 8.42 Å². The van der Waals surface area contributed by atoms with E-state index in [1.54, 1.807) is 55.6 Å². The zero-order chi connectivity index (χ0) is 29.4. The van der Waals surface area contributed by atoms with Crippen LogP contribution < -0.4 is 25.2 Å². The van der Waals surface area contributed by atoms with E-state index < -0.39 is 16.1 Å². The lowest BCUT2D eigenvalue weighted by Gasteiger charge is -2.22. The highest BCUT2D eigenvalue weighted by atomic mass is 32.2. The summed E-state index contributed by atoms with van der Waals surface area (Å²) < 4.78 is 41.4. The SMILES string of the molecule is COc1cc(C(CNc2ccc(C(=N)N)cc2)NS(=O)(=O)c2ccc(C(C)C)cc2)ccc1OCc1ccccc1. The Morgan fingerprint density at radius 1 is 0.878 bits per heavy atom. The minimum absolute atomic E-state index is 0.0210. The molecule has 0 spiro atoms. The molecule has 9 heteroatoms. The molecule has 0 heterocycles. The van der Waals surface area contributed by atoms with Crippen molar-refractivity contribution in [2.75, 3.05) is 19.0 Å². The molecule has 0 fully saturated rings. The number of hydrogen-bond donors (Lipinski definition) is 4. The maximum Gasteiger partial charge on any atom is 0.241 e. The molecule has 0 radical (unpaired) electrons. The first kappa shape index (κ1) is 29.6. The highest BCUT2D eigenvalue weighted by molar-refractivity contribution is 7.89. The summed E-state index contributed by atoms with van der Waals surface area (Å²) in [7, 11) is -2.30. The molecule has 0 aliphatic carbocycles. The van der Waals surface area contributed by atoms with Gasteiger partial charge in [0.2, 0.25) is 10.0 Å². The van der Waals surface area contributed by atoms with Crippen molar-refractivity contribution in [3.8, 4) is 11.5 Å². The van der Waals surface area contributed by atoms with Crippen molar-refractivity contribution in [1.29, 1.82) is 5.41 Å². The van der Waals surface area contributed by atoms with Crippen molar-refractivity contribution in [3.63, 3.8) is 0 Å². The van der Waals surface area contributed by atoms with Crippen LogP contribution in [-0.2, 0) is 16.6 Å². The summed E-state index contributed by atoms with van der Waals surface area (Å²) in [5, 5.41) is 10.9. The first-order valence-electron chi connectivity index (χ1n) is 13.3. The number of nitrogens with two attached hydrogens (primary N) is 1. The van der Waals surface area contributed by atoms with E-state index in [1.165, 1.54) is 0 Å². The van der Waals surface area contributed by atoms with Crippen molar-refractivity contribution >= 4 is 21.5 Å². The summed E-state index contributed by atoms with van der Waals surface area (Å²) in [6.07, 6.45) is 0. The topological polar surface area (TPSA) is 127 Å². The monoisotopic (exact) mass is 572 g/mol. The molecular formula is C32H36N4O4S. The van der Waals surface area contributed by atoms with E-state index in [-0.39, 0.29) is 17.3 Å². The first-order chi connectivity index (χ1) is 19.7. The molecule has 0 saturated heterocycles. The molecular weight excluding hydrogens is 536 g/mol. The van der Waals surface area contributed by atoms with Crippen LogP contribution in [0.25, 0.3) is 0 Å². The third-order valence-corrected chi connectivity index (χ3v) is 8.18. The van der Waals surface area contributed by atoms with Crippen LogP contribution in [0.5, 0.6) is 11.5 Å². The highest BCUT2D eigenvalue weighted by Crippen LogP contribution is 2.32. The fraction of sp³-hybridized carbons (Fsp3) is 0.219. The Hall–Kier alpha value is -4.34. The van der Waals surface area contributed by atoms with E-state index in [2.05, 4.69) is 23.9 Å². The van der Waals surface area contributed by atoms with Crippen molar-refractivity contribution in [3.05, 3.63) is 119 Å².